The van der Waals surface area contributed by atoms with Crippen LogP contribution >= 0.6 is 11.8 Å². The second kappa shape index (κ2) is 4.52. The molecule has 82 valence electrons. The van der Waals surface area contributed by atoms with Crippen LogP contribution in [0, 0.1) is 10.1 Å². The van der Waals surface area contributed by atoms with Gasteiger partial charge in [-0.15, -0.1) is 0 Å². The van der Waals surface area contributed by atoms with Gasteiger partial charge in [0.25, 0.3) is 5.88 Å². The molecule has 15 heavy (non-hydrogen) atoms. The predicted octanol–water partition coefficient (Wildman–Crippen LogP) is 3.03. The zero-order valence-electron chi connectivity index (χ0n) is 7.32. The summed E-state index contributed by atoms with van der Waals surface area (Å²) in [4.78, 5) is 9.24. The highest BCUT2D eigenvalue weighted by Gasteiger charge is 2.33. The van der Waals surface area contributed by atoms with E-state index < -0.39 is 22.5 Å². The van der Waals surface area contributed by atoms with Crippen LogP contribution in [0.4, 0.5) is 13.2 Å². The summed E-state index contributed by atoms with van der Waals surface area (Å²) in [5.41, 5.74) is -0.836. The van der Waals surface area contributed by atoms with E-state index in [1.54, 1.807) is 0 Å². The van der Waals surface area contributed by atoms with Crippen molar-refractivity contribution in [3.05, 3.63) is 39.9 Å². The number of halogens is 3. The van der Waals surface area contributed by atoms with Gasteiger partial charge in [0.05, 0.1) is 5.56 Å². The lowest BCUT2D eigenvalue weighted by atomic mass is 10.2. The third-order valence-corrected chi connectivity index (χ3v) is 2.52. The molecule has 0 aromatic heterocycles. The smallest absolute Gasteiger partial charge is 0.264 e. The van der Waals surface area contributed by atoms with Gasteiger partial charge >= 0.3 is 6.18 Å². The minimum atomic E-state index is -4.47. The van der Waals surface area contributed by atoms with E-state index in [2.05, 4.69) is 0 Å². The van der Waals surface area contributed by atoms with Crippen LogP contribution < -0.4 is 0 Å². The summed E-state index contributed by atoms with van der Waals surface area (Å²) in [5, 5.41) is 10.0. The van der Waals surface area contributed by atoms with Crippen LogP contribution in [-0.2, 0) is 6.18 Å². The molecular weight excluding hydrogens is 231 g/mol. The van der Waals surface area contributed by atoms with Crippen molar-refractivity contribution in [1.82, 2.24) is 0 Å². The first-order valence-corrected chi connectivity index (χ1v) is 4.80. The average molecular weight is 237 g/mol. The van der Waals surface area contributed by atoms with Crippen LogP contribution in [-0.4, -0.2) is 10.8 Å². The number of hydrogen-bond acceptors (Lipinski definition) is 3. The normalized spacial score (nSPS) is 11.4. The molecule has 0 radical (unpaired) electrons. The fourth-order valence-corrected chi connectivity index (χ4v) is 1.71. The molecule has 0 aliphatic rings. The molecule has 0 aliphatic carbocycles. The third-order valence-electron chi connectivity index (χ3n) is 1.52. The molecule has 0 saturated heterocycles. The Morgan fingerprint density at radius 1 is 1.33 bits per heavy atom. The Hall–Kier alpha value is -1.24. The van der Waals surface area contributed by atoms with E-state index >= 15 is 0 Å². The summed E-state index contributed by atoms with van der Waals surface area (Å²) in [7, 11) is 0. The molecule has 0 heterocycles. The van der Waals surface area contributed by atoms with E-state index in [1.807, 2.05) is 0 Å². The molecule has 0 aliphatic heterocycles. The first-order valence-electron chi connectivity index (χ1n) is 3.82. The molecule has 1 aromatic rings. The van der Waals surface area contributed by atoms with Crippen molar-refractivity contribution in [3.63, 3.8) is 0 Å². The summed E-state index contributed by atoms with van der Waals surface area (Å²) < 4.78 is 37.2. The molecule has 0 saturated carbocycles. The lowest BCUT2D eigenvalue weighted by molar-refractivity contribution is -0.456. The Morgan fingerprint density at radius 2 is 1.93 bits per heavy atom. The van der Waals surface area contributed by atoms with Gasteiger partial charge in [0, 0.05) is 9.82 Å². The van der Waals surface area contributed by atoms with Crippen molar-refractivity contribution in [1.29, 1.82) is 0 Å². The first kappa shape index (κ1) is 11.8. The third kappa shape index (κ3) is 3.43. The summed E-state index contributed by atoms with van der Waals surface area (Å²) in [5.74, 6) is -0.576. The number of rotatable bonds is 3. The van der Waals surface area contributed by atoms with Gasteiger partial charge in [-0.25, -0.2) is 0 Å². The Morgan fingerprint density at radius 3 is 2.47 bits per heavy atom. The fourth-order valence-electron chi connectivity index (χ4n) is 0.949. The average Bonchev–Trinajstić information content (AvgIpc) is 2.13. The Kier molecular flexibility index (Phi) is 3.57. The number of hydrogen-bond donors (Lipinski definition) is 0. The number of alkyl halides is 3. The van der Waals surface area contributed by atoms with Gasteiger partial charge in [0.2, 0.25) is 0 Å². The minimum absolute atomic E-state index is 0.123. The van der Waals surface area contributed by atoms with E-state index in [9.17, 15) is 23.3 Å². The molecule has 0 spiro atoms. The predicted molar refractivity (Wildman–Crippen MR) is 49.2 cm³/mol. The Labute approximate surface area is 87.4 Å². The fraction of sp³-hybridized carbons (Fsp3) is 0.250. The van der Waals surface area contributed by atoms with Crippen molar-refractivity contribution < 1.29 is 18.1 Å². The van der Waals surface area contributed by atoms with Crippen molar-refractivity contribution >= 4 is 11.8 Å². The molecule has 0 amide bonds. The quantitative estimate of drug-likeness (QED) is 0.351. The zero-order chi connectivity index (χ0) is 11.5. The topological polar surface area (TPSA) is 43.1 Å². The Bertz CT molecular complexity index is 367. The lowest BCUT2D eigenvalue weighted by Crippen LogP contribution is -2.07. The van der Waals surface area contributed by atoms with Gasteiger partial charge in [-0.3, -0.25) is 10.1 Å². The molecule has 3 nitrogen and oxygen atoms in total. The maximum Gasteiger partial charge on any atom is 0.417 e. The number of benzene rings is 1. The Balaban J connectivity index is 2.92. The zero-order valence-corrected chi connectivity index (χ0v) is 8.14. The van der Waals surface area contributed by atoms with E-state index in [-0.39, 0.29) is 4.90 Å². The monoisotopic (exact) mass is 237 g/mol. The highest BCUT2D eigenvalue weighted by molar-refractivity contribution is 7.99. The highest BCUT2D eigenvalue weighted by Crippen LogP contribution is 2.36. The van der Waals surface area contributed by atoms with Crippen molar-refractivity contribution in [2.24, 2.45) is 0 Å². The molecule has 0 bridgehead atoms. The van der Waals surface area contributed by atoms with Gasteiger partial charge in [-0.1, -0.05) is 12.1 Å². The minimum Gasteiger partial charge on any atom is -0.264 e. The van der Waals surface area contributed by atoms with Crippen LogP contribution in [0.3, 0.4) is 0 Å². The summed E-state index contributed by atoms with van der Waals surface area (Å²) in [6.45, 7) is 0. The van der Waals surface area contributed by atoms with Crippen molar-refractivity contribution in [2.45, 2.75) is 11.1 Å². The molecule has 0 fully saturated rings. The lowest BCUT2D eigenvalue weighted by Gasteiger charge is -2.10. The number of thioether (sulfide) groups is 1. The molecule has 7 heteroatoms. The molecule has 0 N–H and O–H groups in total. The van der Waals surface area contributed by atoms with Crippen molar-refractivity contribution in [3.8, 4) is 0 Å². The van der Waals surface area contributed by atoms with Gasteiger partial charge in [-0.2, -0.15) is 13.2 Å². The molecular formula is C8H6F3NO2S. The molecule has 1 aromatic carbocycles. The van der Waals surface area contributed by atoms with E-state index in [4.69, 9.17) is 0 Å². The van der Waals surface area contributed by atoms with Gasteiger partial charge < -0.3 is 0 Å². The maximum atomic E-state index is 12.4. The summed E-state index contributed by atoms with van der Waals surface area (Å²) in [6.07, 6.45) is -4.47. The largest absolute Gasteiger partial charge is 0.417 e. The van der Waals surface area contributed by atoms with Crippen LogP contribution in [0.25, 0.3) is 0 Å². The second-order valence-corrected chi connectivity index (χ2v) is 3.59. The number of nitro groups is 1. The van der Waals surface area contributed by atoms with Crippen LogP contribution in [0.15, 0.2) is 29.2 Å². The van der Waals surface area contributed by atoms with E-state index in [0.29, 0.717) is 11.8 Å². The summed E-state index contributed by atoms with van der Waals surface area (Å²) >= 11 is 0.563. The molecule has 0 atom stereocenters. The second-order valence-electron chi connectivity index (χ2n) is 2.60. The first-order chi connectivity index (χ1) is 6.91. The summed E-state index contributed by atoms with van der Waals surface area (Å²) in [6, 6.07) is 4.79. The standard InChI is InChI=1S/C8H6F3NO2S/c9-8(10,11)6-3-1-2-4-7(6)15-5-12(13)14/h1-4H,5H2. The highest BCUT2D eigenvalue weighted by atomic mass is 32.2. The van der Waals surface area contributed by atoms with Crippen LogP contribution in [0.5, 0.6) is 0 Å². The van der Waals surface area contributed by atoms with E-state index in [0.717, 1.165) is 6.07 Å². The van der Waals surface area contributed by atoms with Crippen LogP contribution in [0.1, 0.15) is 5.56 Å². The van der Waals surface area contributed by atoms with Gasteiger partial charge in [-0.05, 0) is 23.9 Å². The maximum absolute atomic E-state index is 12.4. The SMILES string of the molecule is O=[N+]([O-])CSc1ccccc1C(F)(F)F. The molecule has 1 rings (SSSR count). The van der Waals surface area contributed by atoms with Gasteiger partial charge in [0.15, 0.2) is 0 Å². The number of nitrogens with zero attached hydrogens (tertiary/aromatic N) is 1. The van der Waals surface area contributed by atoms with E-state index in [1.165, 1.54) is 18.2 Å². The molecule has 0 unspecified atom stereocenters. The van der Waals surface area contributed by atoms with Gasteiger partial charge in [0.1, 0.15) is 0 Å². The van der Waals surface area contributed by atoms with Crippen molar-refractivity contribution in [2.75, 3.05) is 5.88 Å². The van der Waals surface area contributed by atoms with Crippen LogP contribution in [0.2, 0.25) is 0 Å².